The minimum atomic E-state index is -3.96. The monoisotopic (exact) mass is 442 g/mol. The van der Waals surface area contributed by atoms with Gasteiger partial charge in [0.05, 0.1) is 20.3 Å². The number of hydrogen-bond acceptors (Lipinski definition) is 6. The molecule has 160 valence electrons. The summed E-state index contributed by atoms with van der Waals surface area (Å²) in [6, 6.07) is 15.3. The molecule has 0 saturated heterocycles. The molecule has 4 rings (SSSR count). The van der Waals surface area contributed by atoms with Crippen LogP contribution in [-0.4, -0.2) is 43.9 Å². The van der Waals surface area contributed by atoms with Gasteiger partial charge in [-0.05, 0) is 48.5 Å². The number of hydrogen-bond donors (Lipinski definition) is 1. The number of ether oxygens (including phenoxy) is 1. The highest BCUT2D eigenvalue weighted by Crippen LogP contribution is 2.36. The Morgan fingerprint density at radius 1 is 1.16 bits per heavy atom. The Morgan fingerprint density at radius 2 is 1.94 bits per heavy atom. The first-order valence-corrected chi connectivity index (χ1v) is 10.7. The molecule has 0 atom stereocenters. The number of methoxy groups -OCH3 is 1. The highest BCUT2D eigenvalue weighted by atomic mass is 32.2. The van der Waals surface area contributed by atoms with Crippen LogP contribution in [0.3, 0.4) is 0 Å². The first kappa shape index (κ1) is 20.8. The van der Waals surface area contributed by atoms with Crippen molar-refractivity contribution in [2.75, 3.05) is 30.5 Å². The number of aromatic nitrogens is 1. The van der Waals surface area contributed by atoms with Gasteiger partial charge in [0.1, 0.15) is 16.5 Å². The van der Waals surface area contributed by atoms with Gasteiger partial charge in [-0.2, -0.15) is 4.31 Å². The van der Waals surface area contributed by atoms with Crippen LogP contribution < -0.4 is 15.0 Å². The van der Waals surface area contributed by atoms with E-state index in [0.29, 0.717) is 17.1 Å². The van der Waals surface area contributed by atoms with Crippen molar-refractivity contribution in [3.8, 4) is 5.75 Å². The highest BCUT2D eigenvalue weighted by molar-refractivity contribution is 7.89. The van der Waals surface area contributed by atoms with E-state index < -0.39 is 28.3 Å². The molecule has 2 aromatic carbocycles. The highest BCUT2D eigenvalue weighted by Gasteiger charge is 2.38. The van der Waals surface area contributed by atoms with Crippen molar-refractivity contribution in [2.24, 2.45) is 0 Å². The van der Waals surface area contributed by atoms with Crippen LogP contribution in [0.1, 0.15) is 0 Å². The van der Waals surface area contributed by atoms with Crippen LogP contribution in [0.2, 0.25) is 0 Å². The van der Waals surface area contributed by atoms with E-state index in [0.717, 1.165) is 4.31 Å². The lowest BCUT2D eigenvalue weighted by Crippen LogP contribution is -2.47. The summed E-state index contributed by atoms with van der Waals surface area (Å²) in [4.78, 5) is 18.4. The molecule has 0 unspecified atom stereocenters. The Kier molecular flexibility index (Phi) is 5.57. The van der Waals surface area contributed by atoms with E-state index in [1.807, 2.05) is 0 Å². The molecule has 2 heterocycles. The molecule has 8 nitrogen and oxygen atoms in total. The molecular weight excluding hydrogens is 423 g/mol. The third-order valence-corrected chi connectivity index (χ3v) is 6.53. The minimum Gasteiger partial charge on any atom is -0.497 e. The molecule has 0 radical (unpaired) electrons. The number of halogens is 1. The fourth-order valence-corrected chi connectivity index (χ4v) is 4.72. The van der Waals surface area contributed by atoms with E-state index in [4.69, 9.17) is 4.74 Å². The van der Waals surface area contributed by atoms with Crippen LogP contribution in [0.15, 0.2) is 71.8 Å². The van der Waals surface area contributed by atoms with Crippen LogP contribution in [-0.2, 0) is 14.8 Å². The molecule has 1 aromatic heterocycles. The van der Waals surface area contributed by atoms with Crippen molar-refractivity contribution in [3.05, 3.63) is 72.7 Å². The number of carbonyl (C=O) groups excluding carboxylic acids is 1. The van der Waals surface area contributed by atoms with Gasteiger partial charge in [0.15, 0.2) is 5.82 Å². The van der Waals surface area contributed by atoms with Gasteiger partial charge < -0.3 is 15.0 Å². The molecule has 3 aromatic rings. The summed E-state index contributed by atoms with van der Waals surface area (Å²) in [5.74, 6) is -0.142. The van der Waals surface area contributed by atoms with Crippen molar-refractivity contribution in [3.63, 3.8) is 0 Å². The van der Waals surface area contributed by atoms with Crippen LogP contribution in [0.5, 0.6) is 5.75 Å². The van der Waals surface area contributed by atoms with Crippen LogP contribution in [0.4, 0.5) is 21.6 Å². The summed E-state index contributed by atoms with van der Waals surface area (Å²) >= 11 is 0. The lowest BCUT2D eigenvalue weighted by molar-refractivity contribution is -0.116. The normalized spacial score (nSPS) is 15.2. The fourth-order valence-electron chi connectivity index (χ4n) is 3.25. The molecule has 1 amide bonds. The van der Waals surface area contributed by atoms with Gasteiger partial charge in [0.25, 0.3) is 0 Å². The molecule has 0 bridgehead atoms. The van der Waals surface area contributed by atoms with E-state index in [-0.39, 0.29) is 17.4 Å². The SMILES string of the molecule is COc1cccc(NC(=O)CN2CN(c3ccc(F)cc3)c3ncccc3S2(=O)=O)c1. The maximum absolute atomic E-state index is 13.4. The van der Waals surface area contributed by atoms with Gasteiger partial charge in [-0.15, -0.1) is 0 Å². The van der Waals surface area contributed by atoms with Gasteiger partial charge in [-0.25, -0.2) is 17.8 Å². The minimum absolute atomic E-state index is 0.0280. The molecule has 1 aliphatic rings. The second-order valence-corrected chi connectivity index (χ2v) is 8.67. The van der Waals surface area contributed by atoms with Crippen LogP contribution in [0, 0.1) is 5.82 Å². The average Bonchev–Trinajstić information content (AvgIpc) is 2.77. The smallest absolute Gasteiger partial charge is 0.248 e. The molecule has 31 heavy (non-hydrogen) atoms. The lowest BCUT2D eigenvalue weighted by Gasteiger charge is -2.36. The van der Waals surface area contributed by atoms with Gasteiger partial charge in [0, 0.05) is 23.6 Å². The number of anilines is 3. The molecule has 10 heteroatoms. The Balaban J connectivity index is 1.63. The summed E-state index contributed by atoms with van der Waals surface area (Å²) in [5.41, 5.74) is 1.03. The lowest BCUT2D eigenvalue weighted by atomic mass is 10.2. The zero-order chi connectivity index (χ0) is 22.0. The van der Waals surface area contributed by atoms with E-state index >= 15 is 0 Å². The quantitative estimate of drug-likeness (QED) is 0.653. The van der Waals surface area contributed by atoms with Gasteiger partial charge in [0.2, 0.25) is 15.9 Å². The average molecular weight is 442 g/mol. The van der Waals surface area contributed by atoms with Crippen LogP contribution >= 0.6 is 0 Å². The standard InChI is InChI=1S/C21H19FN4O4S/c1-30-18-5-2-4-16(12-18)24-20(27)13-25-14-26(17-9-7-15(22)8-10-17)21-19(31(25,28)29)6-3-11-23-21/h2-12H,13-14H2,1H3,(H,24,27). The van der Waals surface area contributed by atoms with Gasteiger partial charge in [-0.1, -0.05) is 6.07 Å². The fraction of sp³-hybridized carbons (Fsp3) is 0.143. The van der Waals surface area contributed by atoms with E-state index in [1.54, 1.807) is 29.2 Å². The zero-order valence-electron chi connectivity index (χ0n) is 16.5. The van der Waals surface area contributed by atoms with Crippen molar-refractivity contribution in [1.82, 2.24) is 9.29 Å². The number of benzene rings is 2. The maximum atomic E-state index is 13.4. The summed E-state index contributed by atoms with van der Waals surface area (Å²) in [6.07, 6.45) is 1.48. The Morgan fingerprint density at radius 3 is 2.68 bits per heavy atom. The van der Waals surface area contributed by atoms with Crippen molar-refractivity contribution in [2.45, 2.75) is 4.90 Å². The maximum Gasteiger partial charge on any atom is 0.248 e. The second kappa shape index (κ2) is 8.32. The third kappa shape index (κ3) is 4.21. The largest absolute Gasteiger partial charge is 0.497 e. The number of rotatable bonds is 5. The molecule has 1 aliphatic heterocycles. The predicted octanol–water partition coefficient (Wildman–Crippen LogP) is 2.97. The Hall–Kier alpha value is -3.50. The zero-order valence-corrected chi connectivity index (χ0v) is 17.3. The number of nitrogens with zero attached hydrogens (tertiary/aromatic N) is 3. The third-order valence-electron chi connectivity index (χ3n) is 4.74. The number of amides is 1. The summed E-state index contributed by atoms with van der Waals surface area (Å²) in [7, 11) is -2.45. The Bertz CT molecular complexity index is 1220. The van der Waals surface area contributed by atoms with Crippen molar-refractivity contribution in [1.29, 1.82) is 0 Å². The van der Waals surface area contributed by atoms with Gasteiger partial charge >= 0.3 is 0 Å². The summed E-state index contributed by atoms with van der Waals surface area (Å²) in [5, 5.41) is 2.68. The molecule has 0 spiro atoms. The first-order valence-electron chi connectivity index (χ1n) is 9.30. The molecule has 0 aliphatic carbocycles. The van der Waals surface area contributed by atoms with E-state index in [1.165, 1.54) is 49.7 Å². The van der Waals surface area contributed by atoms with Crippen molar-refractivity contribution >= 4 is 33.1 Å². The molecule has 0 fully saturated rings. The van der Waals surface area contributed by atoms with Gasteiger partial charge in [-0.3, -0.25) is 4.79 Å². The Labute approximate surface area is 178 Å². The van der Waals surface area contributed by atoms with Crippen LogP contribution in [0.25, 0.3) is 0 Å². The number of pyridine rings is 1. The van der Waals surface area contributed by atoms with E-state index in [9.17, 15) is 17.6 Å². The number of fused-ring (bicyclic) bond motifs is 1. The van der Waals surface area contributed by atoms with Crippen molar-refractivity contribution < 1.29 is 22.3 Å². The first-order chi connectivity index (χ1) is 14.9. The van der Waals surface area contributed by atoms with E-state index in [2.05, 4.69) is 10.3 Å². The number of carbonyl (C=O) groups is 1. The molecule has 0 saturated carbocycles. The topological polar surface area (TPSA) is 91.8 Å². The molecular formula is C21H19FN4O4S. The molecule has 1 N–H and O–H groups in total. The number of nitrogens with one attached hydrogen (secondary N) is 1. The second-order valence-electron chi connectivity index (χ2n) is 6.77. The summed E-state index contributed by atoms with van der Waals surface area (Å²) in [6.45, 7) is -0.560. The summed E-state index contributed by atoms with van der Waals surface area (Å²) < 4.78 is 45.8. The predicted molar refractivity (Wildman–Crippen MR) is 113 cm³/mol. The number of sulfonamides is 1.